The van der Waals surface area contributed by atoms with Crippen LogP contribution in [0.2, 0.25) is 5.02 Å². The smallest absolute Gasteiger partial charge is 0.291 e. The van der Waals surface area contributed by atoms with Gasteiger partial charge in [0, 0.05) is 5.02 Å². The second-order valence-corrected chi connectivity index (χ2v) is 5.80. The van der Waals surface area contributed by atoms with E-state index in [0.717, 1.165) is 25.4 Å². The van der Waals surface area contributed by atoms with E-state index in [0.29, 0.717) is 5.02 Å². The summed E-state index contributed by atoms with van der Waals surface area (Å²) in [5.41, 5.74) is 0.259. The molecule has 0 spiro atoms. The third-order valence-corrected chi connectivity index (χ3v) is 3.91. The first-order valence-corrected chi connectivity index (χ1v) is 7.60. The number of hydrogen-bond acceptors (Lipinski definition) is 4. The Balaban J connectivity index is 1.67. The fourth-order valence-electron chi connectivity index (χ4n) is 2.54. The van der Waals surface area contributed by atoms with Crippen molar-refractivity contribution in [2.75, 3.05) is 18.4 Å². The molecule has 1 aliphatic heterocycles. The van der Waals surface area contributed by atoms with Crippen molar-refractivity contribution < 1.29 is 14.3 Å². The molecule has 2 aromatic rings. The van der Waals surface area contributed by atoms with E-state index in [9.17, 15) is 9.90 Å². The monoisotopic (exact) mass is 320 g/mol. The van der Waals surface area contributed by atoms with Gasteiger partial charge in [-0.05, 0) is 56.3 Å². The first-order chi connectivity index (χ1) is 10.6. The highest BCUT2D eigenvalue weighted by atomic mass is 35.5. The molecule has 5 nitrogen and oxygen atoms in total. The molecule has 1 amide bonds. The average molecular weight is 321 g/mol. The van der Waals surface area contributed by atoms with E-state index in [1.165, 1.54) is 25.0 Å². The third-order valence-electron chi connectivity index (χ3n) is 3.67. The van der Waals surface area contributed by atoms with Gasteiger partial charge in [0.25, 0.3) is 5.91 Å². The van der Waals surface area contributed by atoms with Crippen LogP contribution in [0.25, 0.3) is 0 Å². The first-order valence-electron chi connectivity index (χ1n) is 7.23. The largest absolute Gasteiger partial charge is 0.506 e. The summed E-state index contributed by atoms with van der Waals surface area (Å²) in [5.74, 6) is 0.530. The minimum absolute atomic E-state index is 0.0402. The van der Waals surface area contributed by atoms with Gasteiger partial charge in [0.2, 0.25) is 0 Å². The number of nitrogens with one attached hydrogen (secondary N) is 1. The molecule has 22 heavy (non-hydrogen) atoms. The maximum atomic E-state index is 12.2. The molecular formula is C16H17ClN2O3. The van der Waals surface area contributed by atoms with Crippen LogP contribution in [0.4, 0.5) is 5.69 Å². The number of likely N-dealkylation sites (tertiary alicyclic amines) is 1. The van der Waals surface area contributed by atoms with Gasteiger partial charge in [-0.25, -0.2) is 0 Å². The van der Waals surface area contributed by atoms with Gasteiger partial charge in [0.05, 0.1) is 12.2 Å². The van der Waals surface area contributed by atoms with E-state index in [2.05, 4.69) is 10.2 Å². The molecule has 0 radical (unpaired) electrons. The van der Waals surface area contributed by atoms with Gasteiger partial charge in [-0.1, -0.05) is 11.6 Å². The quantitative estimate of drug-likeness (QED) is 0.846. The lowest BCUT2D eigenvalue weighted by Crippen LogP contribution is -2.18. The number of furan rings is 1. The van der Waals surface area contributed by atoms with Crippen molar-refractivity contribution >= 4 is 23.2 Å². The highest BCUT2D eigenvalue weighted by molar-refractivity contribution is 6.31. The summed E-state index contributed by atoms with van der Waals surface area (Å²) >= 11 is 5.85. The highest BCUT2D eigenvalue weighted by Crippen LogP contribution is 2.27. The van der Waals surface area contributed by atoms with Crippen LogP contribution in [0.3, 0.4) is 0 Å². The van der Waals surface area contributed by atoms with Gasteiger partial charge in [-0.15, -0.1) is 0 Å². The molecule has 0 atom stereocenters. The fraction of sp³-hybridized carbons (Fsp3) is 0.312. The SMILES string of the molecule is O=C(Nc1cc(Cl)ccc1O)c1ccc(CN2CCCC2)o1. The number of nitrogens with zero attached hydrogens (tertiary/aromatic N) is 1. The van der Waals surface area contributed by atoms with Crippen molar-refractivity contribution in [3.8, 4) is 5.75 Å². The predicted octanol–water partition coefficient (Wildman–Crippen LogP) is 3.49. The number of phenols is 1. The maximum Gasteiger partial charge on any atom is 0.291 e. The fourth-order valence-corrected chi connectivity index (χ4v) is 2.71. The molecule has 2 heterocycles. The first kappa shape index (κ1) is 14.9. The summed E-state index contributed by atoms with van der Waals surface area (Å²) in [5, 5.41) is 12.7. The Morgan fingerprint density at radius 2 is 2.05 bits per heavy atom. The third kappa shape index (κ3) is 3.43. The summed E-state index contributed by atoms with van der Waals surface area (Å²) in [4.78, 5) is 14.5. The second kappa shape index (κ2) is 6.42. The molecule has 1 saturated heterocycles. The van der Waals surface area contributed by atoms with E-state index in [1.807, 2.05) is 6.07 Å². The molecule has 116 valence electrons. The zero-order valence-electron chi connectivity index (χ0n) is 12.0. The van der Waals surface area contributed by atoms with Crippen LogP contribution < -0.4 is 5.32 Å². The summed E-state index contributed by atoms with van der Waals surface area (Å²) in [7, 11) is 0. The normalized spacial score (nSPS) is 15.1. The second-order valence-electron chi connectivity index (χ2n) is 5.36. The van der Waals surface area contributed by atoms with Crippen LogP contribution in [-0.2, 0) is 6.54 Å². The van der Waals surface area contributed by atoms with Crippen LogP contribution in [0, 0.1) is 0 Å². The Hall–Kier alpha value is -1.98. The van der Waals surface area contributed by atoms with Crippen molar-refractivity contribution in [2.45, 2.75) is 19.4 Å². The molecule has 1 aromatic carbocycles. The van der Waals surface area contributed by atoms with Crippen LogP contribution in [0.5, 0.6) is 5.75 Å². The van der Waals surface area contributed by atoms with E-state index in [1.54, 1.807) is 12.1 Å². The molecule has 2 N–H and O–H groups in total. The zero-order valence-corrected chi connectivity index (χ0v) is 12.8. The molecular weight excluding hydrogens is 304 g/mol. The van der Waals surface area contributed by atoms with Gasteiger partial charge < -0.3 is 14.8 Å². The standard InChI is InChI=1S/C16H17ClN2O3/c17-11-3-5-14(20)13(9-11)18-16(21)15-6-4-12(22-15)10-19-7-1-2-8-19/h3-6,9,20H,1-2,7-8,10H2,(H,18,21). The Bertz CT molecular complexity index is 678. The Kier molecular flexibility index (Phi) is 4.36. The summed E-state index contributed by atoms with van der Waals surface area (Å²) < 4.78 is 5.58. The average Bonchev–Trinajstić information content (AvgIpc) is 3.15. The molecule has 0 saturated carbocycles. The number of anilines is 1. The Labute approximate surface area is 133 Å². The summed E-state index contributed by atoms with van der Waals surface area (Å²) in [6.45, 7) is 2.85. The number of halogens is 1. The van der Waals surface area contributed by atoms with E-state index in [4.69, 9.17) is 16.0 Å². The number of hydrogen-bond donors (Lipinski definition) is 2. The van der Waals surface area contributed by atoms with Gasteiger partial charge in [0.1, 0.15) is 11.5 Å². The summed E-state index contributed by atoms with van der Waals surface area (Å²) in [6, 6.07) is 7.92. The van der Waals surface area contributed by atoms with Crippen molar-refractivity contribution in [1.29, 1.82) is 0 Å². The number of carbonyl (C=O) groups is 1. The minimum Gasteiger partial charge on any atom is -0.506 e. The van der Waals surface area contributed by atoms with Crippen molar-refractivity contribution in [1.82, 2.24) is 4.90 Å². The predicted molar refractivity (Wildman–Crippen MR) is 84.3 cm³/mol. The van der Waals surface area contributed by atoms with Crippen LogP contribution in [0.15, 0.2) is 34.7 Å². The van der Waals surface area contributed by atoms with Crippen molar-refractivity contribution in [2.24, 2.45) is 0 Å². The number of rotatable bonds is 4. The molecule has 1 aromatic heterocycles. The highest BCUT2D eigenvalue weighted by Gasteiger charge is 2.17. The molecule has 0 aliphatic carbocycles. The Morgan fingerprint density at radius 3 is 2.82 bits per heavy atom. The minimum atomic E-state index is -0.412. The summed E-state index contributed by atoms with van der Waals surface area (Å²) in [6.07, 6.45) is 2.42. The molecule has 0 bridgehead atoms. The van der Waals surface area contributed by atoms with Gasteiger partial charge in [-0.2, -0.15) is 0 Å². The number of carbonyl (C=O) groups excluding carboxylic acids is 1. The Morgan fingerprint density at radius 1 is 1.27 bits per heavy atom. The van der Waals surface area contributed by atoms with Gasteiger partial charge in [0.15, 0.2) is 5.76 Å². The van der Waals surface area contributed by atoms with Gasteiger partial charge in [-0.3, -0.25) is 9.69 Å². The molecule has 6 heteroatoms. The van der Waals surface area contributed by atoms with E-state index >= 15 is 0 Å². The van der Waals surface area contributed by atoms with E-state index < -0.39 is 5.91 Å². The molecule has 0 unspecified atom stereocenters. The lowest BCUT2D eigenvalue weighted by molar-refractivity contribution is 0.0993. The van der Waals surface area contributed by atoms with Crippen molar-refractivity contribution in [3.63, 3.8) is 0 Å². The topological polar surface area (TPSA) is 65.7 Å². The van der Waals surface area contributed by atoms with E-state index in [-0.39, 0.29) is 17.2 Å². The zero-order chi connectivity index (χ0) is 15.5. The van der Waals surface area contributed by atoms with Gasteiger partial charge >= 0.3 is 0 Å². The number of amides is 1. The lowest BCUT2D eigenvalue weighted by atomic mass is 10.3. The van der Waals surface area contributed by atoms with Crippen LogP contribution >= 0.6 is 11.6 Å². The number of benzene rings is 1. The lowest BCUT2D eigenvalue weighted by Gasteiger charge is -2.11. The van der Waals surface area contributed by atoms with Crippen LogP contribution in [0.1, 0.15) is 29.2 Å². The molecule has 1 aliphatic rings. The molecule has 1 fully saturated rings. The molecule has 3 rings (SSSR count). The number of phenolic OH excluding ortho intramolecular Hbond substituents is 1. The van der Waals surface area contributed by atoms with Crippen LogP contribution in [-0.4, -0.2) is 29.0 Å². The maximum absolute atomic E-state index is 12.2. The van der Waals surface area contributed by atoms with Crippen molar-refractivity contribution in [3.05, 3.63) is 46.9 Å². The number of aromatic hydroxyl groups is 1.